The van der Waals surface area contributed by atoms with Gasteiger partial charge in [-0.05, 0) is 49.3 Å². The lowest BCUT2D eigenvalue weighted by molar-refractivity contribution is 0.157. The highest BCUT2D eigenvalue weighted by Crippen LogP contribution is 2.33. The average Bonchev–Trinajstić information content (AvgIpc) is 2.42. The zero-order chi connectivity index (χ0) is 15.8. The standard InChI is InChI=1S/C16H24ClNO2S/c1-11-8-12(2)14(4)18(10-11)21(19,20)16-7-5-6-15(9-17)13(16)3/h5-7,11-12,14H,8-10H2,1-4H3. The Balaban J connectivity index is 2.47. The molecule has 0 radical (unpaired) electrons. The number of sulfonamides is 1. The van der Waals surface area contributed by atoms with E-state index in [1.807, 2.05) is 19.9 Å². The fraction of sp³-hybridized carbons (Fsp3) is 0.625. The summed E-state index contributed by atoms with van der Waals surface area (Å²) in [5.41, 5.74) is 1.65. The molecule has 1 aromatic rings. The quantitative estimate of drug-likeness (QED) is 0.791. The first-order valence-electron chi connectivity index (χ1n) is 7.45. The van der Waals surface area contributed by atoms with Gasteiger partial charge < -0.3 is 0 Å². The maximum Gasteiger partial charge on any atom is 0.243 e. The SMILES string of the molecule is Cc1c(CCl)cccc1S(=O)(=O)N1CC(C)CC(C)C1C. The van der Waals surface area contributed by atoms with Crippen molar-refractivity contribution in [3.63, 3.8) is 0 Å². The number of piperidine rings is 1. The minimum Gasteiger partial charge on any atom is -0.207 e. The lowest BCUT2D eigenvalue weighted by Gasteiger charge is -2.40. The van der Waals surface area contributed by atoms with Crippen LogP contribution >= 0.6 is 11.6 Å². The molecule has 0 spiro atoms. The highest BCUT2D eigenvalue weighted by molar-refractivity contribution is 7.89. The van der Waals surface area contributed by atoms with Gasteiger partial charge in [-0.1, -0.05) is 26.0 Å². The van der Waals surface area contributed by atoms with Crippen LogP contribution in [0.1, 0.15) is 38.3 Å². The third-order valence-electron chi connectivity index (χ3n) is 4.67. The fourth-order valence-corrected chi connectivity index (χ4v) is 5.60. The smallest absolute Gasteiger partial charge is 0.207 e. The van der Waals surface area contributed by atoms with Gasteiger partial charge in [-0.2, -0.15) is 4.31 Å². The Morgan fingerprint density at radius 3 is 2.57 bits per heavy atom. The molecule has 0 saturated carbocycles. The lowest BCUT2D eigenvalue weighted by atomic mass is 9.88. The molecule has 3 nitrogen and oxygen atoms in total. The van der Waals surface area contributed by atoms with Crippen molar-refractivity contribution < 1.29 is 8.42 Å². The lowest BCUT2D eigenvalue weighted by Crippen LogP contribution is -2.48. The largest absolute Gasteiger partial charge is 0.243 e. The van der Waals surface area contributed by atoms with Gasteiger partial charge >= 0.3 is 0 Å². The fourth-order valence-electron chi connectivity index (χ4n) is 3.19. The normalized spacial score (nSPS) is 27.8. The molecule has 1 fully saturated rings. The predicted molar refractivity (Wildman–Crippen MR) is 87.0 cm³/mol. The van der Waals surface area contributed by atoms with Gasteiger partial charge in [0.25, 0.3) is 0 Å². The van der Waals surface area contributed by atoms with E-state index in [1.54, 1.807) is 16.4 Å². The number of benzene rings is 1. The van der Waals surface area contributed by atoms with Crippen LogP contribution in [-0.4, -0.2) is 25.3 Å². The van der Waals surface area contributed by atoms with Gasteiger partial charge in [0, 0.05) is 18.5 Å². The number of halogens is 1. The van der Waals surface area contributed by atoms with Gasteiger partial charge in [0.2, 0.25) is 10.0 Å². The van der Waals surface area contributed by atoms with Crippen LogP contribution in [0, 0.1) is 18.8 Å². The van der Waals surface area contributed by atoms with E-state index in [1.165, 1.54) is 0 Å². The molecular weight excluding hydrogens is 306 g/mol. The zero-order valence-electron chi connectivity index (χ0n) is 13.1. The Bertz CT molecular complexity index is 615. The third-order valence-corrected chi connectivity index (χ3v) is 7.06. The second-order valence-corrected chi connectivity index (χ2v) is 8.43. The highest BCUT2D eigenvalue weighted by Gasteiger charge is 2.37. The monoisotopic (exact) mass is 329 g/mol. The Kier molecular flexibility index (Phi) is 5.01. The summed E-state index contributed by atoms with van der Waals surface area (Å²) in [5, 5.41) is 0. The van der Waals surface area contributed by atoms with Crippen molar-refractivity contribution in [2.45, 2.75) is 50.9 Å². The number of rotatable bonds is 3. The van der Waals surface area contributed by atoms with Crippen LogP contribution in [-0.2, 0) is 15.9 Å². The minimum absolute atomic E-state index is 0.0326. The summed E-state index contributed by atoms with van der Waals surface area (Å²) in [5.74, 6) is 1.10. The van der Waals surface area contributed by atoms with Crippen LogP contribution in [0.25, 0.3) is 0 Å². The molecule has 1 saturated heterocycles. The maximum absolute atomic E-state index is 13.1. The third kappa shape index (κ3) is 3.13. The summed E-state index contributed by atoms with van der Waals surface area (Å²) >= 11 is 5.91. The van der Waals surface area contributed by atoms with Crippen LogP contribution in [0.15, 0.2) is 23.1 Å². The summed E-state index contributed by atoms with van der Waals surface area (Å²) in [4.78, 5) is 0.397. The number of alkyl halides is 1. The van der Waals surface area contributed by atoms with Gasteiger partial charge in [-0.3, -0.25) is 0 Å². The first kappa shape index (κ1) is 16.8. The molecule has 5 heteroatoms. The summed E-state index contributed by atoms with van der Waals surface area (Å²) in [6.45, 7) is 8.69. The molecule has 1 aliphatic rings. The summed E-state index contributed by atoms with van der Waals surface area (Å²) in [6.07, 6.45) is 1.08. The minimum atomic E-state index is -3.47. The maximum atomic E-state index is 13.1. The van der Waals surface area contributed by atoms with Gasteiger partial charge in [-0.15, -0.1) is 11.6 Å². The van der Waals surface area contributed by atoms with Crippen molar-refractivity contribution in [1.82, 2.24) is 4.31 Å². The topological polar surface area (TPSA) is 37.4 Å². The van der Waals surface area contributed by atoms with E-state index in [0.717, 1.165) is 17.5 Å². The van der Waals surface area contributed by atoms with Crippen LogP contribution in [0.3, 0.4) is 0 Å². The van der Waals surface area contributed by atoms with Gasteiger partial charge in [0.05, 0.1) is 4.90 Å². The van der Waals surface area contributed by atoms with Crippen LogP contribution < -0.4 is 0 Å². The molecular formula is C16H24ClNO2S. The molecule has 1 heterocycles. The van der Waals surface area contributed by atoms with E-state index < -0.39 is 10.0 Å². The van der Waals surface area contributed by atoms with Gasteiger partial charge in [-0.25, -0.2) is 8.42 Å². The number of hydrogen-bond acceptors (Lipinski definition) is 2. The van der Waals surface area contributed by atoms with Crippen LogP contribution in [0.2, 0.25) is 0 Å². The van der Waals surface area contributed by atoms with Crippen molar-refractivity contribution >= 4 is 21.6 Å². The zero-order valence-corrected chi connectivity index (χ0v) is 14.7. The van der Waals surface area contributed by atoms with E-state index in [2.05, 4.69) is 13.8 Å². The highest BCUT2D eigenvalue weighted by atomic mass is 35.5. The second-order valence-electron chi connectivity index (χ2n) is 6.31. The summed E-state index contributed by atoms with van der Waals surface area (Å²) < 4.78 is 27.8. The number of hydrogen-bond donors (Lipinski definition) is 0. The summed E-state index contributed by atoms with van der Waals surface area (Å²) in [6, 6.07) is 5.38. The summed E-state index contributed by atoms with van der Waals surface area (Å²) in [7, 11) is -3.47. The molecule has 21 heavy (non-hydrogen) atoms. The van der Waals surface area contributed by atoms with Crippen molar-refractivity contribution in [2.75, 3.05) is 6.54 Å². The average molecular weight is 330 g/mol. The molecule has 0 aromatic heterocycles. The molecule has 118 valence electrons. The van der Waals surface area contributed by atoms with Crippen LogP contribution in [0.4, 0.5) is 0 Å². The first-order chi connectivity index (χ1) is 9.78. The molecule has 2 rings (SSSR count). The van der Waals surface area contributed by atoms with E-state index in [9.17, 15) is 8.42 Å². The molecule has 0 aliphatic carbocycles. The molecule has 0 amide bonds. The van der Waals surface area contributed by atoms with Crippen molar-refractivity contribution in [1.29, 1.82) is 0 Å². The van der Waals surface area contributed by atoms with E-state index in [-0.39, 0.29) is 6.04 Å². The van der Waals surface area contributed by atoms with E-state index in [4.69, 9.17) is 11.6 Å². The van der Waals surface area contributed by atoms with E-state index in [0.29, 0.717) is 29.2 Å². The van der Waals surface area contributed by atoms with Crippen LogP contribution in [0.5, 0.6) is 0 Å². The molecule has 3 unspecified atom stereocenters. The first-order valence-corrected chi connectivity index (χ1v) is 9.42. The molecule has 3 atom stereocenters. The van der Waals surface area contributed by atoms with Crippen molar-refractivity contribution in [2.24, 2.45) is 11.8 Å². The van der Waals surface area contributed by atoms with E-state index >= 15 is 0 Å². The van der Waals surface area contributed by atoms with Gasteiger partial charge in [0.1, 0.15) is 0 Å². The Labute approximate surface area is 133 Å². The molecule has 1 aliphatic heterocycles. The van der Waals surface area contributed by atoms with Gasteiger partial charge in [0.15, 0.2) is 0 Å². The molecule has 0 bridgehead atoms. The Morgan fingerprint density at radius 1 is 1.29 bits per heavy atom. The number of nitrogens with zero attached hydrogens (tertiary/aromatic N) is 1. The van der Waals surface area contributed by atoms with Crippen molar-refractivity contribution in [3.8, 4) is 0 Å². The molecule has 0 N–H and O–H groups in total. The Hall–Kier alpha value is -0.580. The predicted octanol–water partition coefficient (Wildman–Crippen LogP) is 3.79. The second kappa shape index (κ2) is 6.27. The molecule has 1 aromatic carbocycles. The Morgan fingerprint density at radius 2 is 1.95 bits per heavy atom. The van der Waals surface area contributed by atoms with Crippen molar-refractivity contribution in [3.05, 3.63) is 29.3 Å².